The van der Waals surface area contributed by atoms with Crippen molar-refractivity contribution in [1.29, 1.82) is 0 Å². The van der Waals surface area contributed by atoms with E-state index in [1.54, 1.807) is 0 Å². The largest absolute Gasteiger partial charge is 0.352 e. The maximum atomic E-state index is 12.6. The number of aryl methyl sites for hydroxylation is 2. The van der Waals surface area contributed by atoms with E-state index in [0.29, 0.717) is 30.8 Å². The zero-order chi connectivity index (χ0) is 17.9. The fourth-order valence-corrected chi connectivity index (χ4v) is 5.13. The third-order valence-corrected chi connectivity index (χ3v) is 6.39. The Morgan fingerprint density at radius 2 is 1.96 bits per heavy atom. The highest BCUT2D eigenvalue weighted by molar-refractivity contribution is 5.76. The van der Waals surface area contributed by atoms with Gasteiger partial charge in [-0.2, -0.15) is 0 Å². The highest BCUT2D eigenvalue weighted by atomic mass is 16.1. The topological polar surface area (TPSA) is 46.9 Å². The van der Waals surface area contributed by atoms with Crippen LogP contribution in [0.5, 0.6) is 0 Å². The molecule has 2 aliphatic carbocycles. The fourth-order valence-electron chi connectivity index (χ4n) is 5.13. The smallest absolute Gasteiger partial charge is 0.222 e. The Bertz CT molecular complexity index is 739. The second kappa shape index (κ2) is 7.65. The molecule has 2 aliphatic rings. The van der Waals surface area contributed by atoms with Crippen LogP contribution in [0, 0.1) is 11.8 Å². The summed E-state index contributed by atoms with van der Waals surface area (Å²) in [5.74, 6) is 3.13. The molecule has 1 N–H and O–H groups in total. The lowest BCUT2D eigenvalue weighted by molar-refractivity contribution is -0.125. The van der Waals surface area contributed by atoms with Crippen LogP contribution in [-0.2, 0) is 17.8 Å². The highest BCUT2D eigenvalue weighted by Crippen LogP contribution is 2.54. The fraction of sp³-hybridized carbons (Fsp3) is 0.545. The summed E-state index contributed by atoms with van der Waals surface area (Å²) in [7, 11) is 0. The van der Waals surface area contributed by atoms with Gasteiger partial charge in [-0.15, -0.1) is 0 Å². The number of nitrogens with zero attached hydrogens (tertiary/aromatic N) is 2. The summed E-state index contributed by atoms with van der Waals surface area (Å²) >= 11 is 0. The van der Waals surface area contributed by atoms with Crippen molar-refractivity contribution in [2.24, 2.45) is 11.8 Å². The number of amides is 1. The molecule has 1 aromatic heterocycles. The van der Waals surface area contributed by atoms with E-state index in [9.17, 15) is 4.79 Å². The van der Waals surface area contributed by atoms with Crippen LogP contribution in [-0.4, -0.2) is 21.5 Å². The zero-order valence-electron chi connectivity index (χ0n) is 15.6. The quantitative estimate of drug-likeness (QED) is 0.857. The number of benzene rings is 1. The van der Waals surface area contributed by atoms with Gasteiger partial charge in [0.1, 0.15) is 5.82 Å². The number of carbonyl (C=O) groups excluding carboxylic acids is 1. The summed E-state index contributed by atoms with van der Waals surface area (Å²) in [4.78, 5) is 17.0. The van der Waals surface area contributed by atoms with Gasteiger partial charge in [-0.1, -0.05) is 50.1 Å². The molecule has 138 valence electrons. The van der Waals surface area contributed by atoms with Crippen molar-refractivity contribution >= 4 is 5.91 Å². The summed E-state index contributed by atoms with van der Waals surface area (Å²) < 4.78 is 2.10. The van der Waals surface area contributed by atoms with Crippen LogP contribution in [0.1, 0.15) is 56.3 Å². The van der Waals surface area contributed by atoms with E-state index >= 15 is 0 Å². The number of rotatable bonds is 6. The van der Waals surface area contributed by atoms with E-state index in [-0.39, 0.29) is 5.91 Å². The van der Waals surface area contributed by atoms with Gasteiger partial charge in [0.15, 0.2) is 0 Å². The number of imidazole rings is 1. The average molecular weight is 351 g/mol. The van der Waals surface area contributed by atoms with Crippen molar-refractivity contribution < 1.29 is 4.79 Å². The predicted octanol–water partition coefficient (Wildman–Crippen LogP) is 3.92. The highest BCUT2D eigenvalue weighted by Gasteiger charge is 2.51. The molecule has 1 aromatic carbocycles. The molecule has 4 heteroatoms. The van der Waals surface area contributed by atoms with Gasteiger partial charge in [-0.25, -0.2) is 4.98 Å². The van der Waals surface area contributed by atoms with Crippen LogP contribution in [0.3, 0.4) is 0 Å². The lowest BCUT2D eigenvalue weighted by atomic mass is 9.53. The number of fused-ring (bicyclic) bond motifs is 1. The number of aromatic nitrogens is 2. The minimum absolute atomic E-state index is 0.177. The lowest BCUT2D eigenvalue weighted by Crippen LogP contribution is -2.59. The van der Waals surface area contributed by atoms with Crippen LogP contribution in [0.25, 0.3) is 0 Å². The molecule has 0 spiro atoms. The summed E-state index contributed by atoms with van der Waals surface area (Å²) in [6.45, 7) is 2.81. The van der Waals surface area contributed by atoms with Crippen LogP contribution >= 0.6 is 0 Å². The molecule has 0 aliphatic heterocycles. The molecule has 2 aromatic rings. The maximum absolute atomic E-state index is 12.6. The molecule has 1 heterocycles. The molecule has 4 nitrogen and oxygen atoms in total. The Morgan fingerprint density at radius 1 is 1.19 bits per heavy atom. The third-order valence-electron chi connectivity index (χ3n) is 6.39. The normalized spacial score (nSPS) is 27.4. The van der Waals surface area contributed by atoms with E-state index in [0.717, 1.165) is 18.2 Å². The predicted molar refractivity (Wildman–Crippen MR) is 103 cm³/mol. The van der Waals surface area contributed by atoms with E-state index < -0.39 is 0 Å². The van der Waals surface area contributed by atoms with Crippen molar-refractivity contribution in [2.45, 2.75) is 64.0 Å². The number of nitrogens with one attached hydrogen (secondary N) is 1. The molecule has 0 bridgehead atoms. The Kier molecular flexibility index (Phi) is 5.09. The van der Waals surface area contributed by atoms with Gasteiger partial charge in [-0.05, 0) is 30.2 Å². The summed E-state index contributed by atoms with van der Waals surface area (Å²) in [5.41, 5.74) is 1.39. The molecule has 0 unspecified atom stereocenters. The third kappa shape index (κ3) is 3.29. The van der Waals surface area contributed by atoms with Gasteiger partial charge in [-0.3, -0.25) is 4.79 Å². The van der Waals surface area contributed by atoms with Crippen LogP contribution in [0.2, 0.25) is 0 Å². The van der Waals surface area contributed by atoms with Crippen LogP contribution in [0.15, 0.2) is 42.7 Å². The number of carbonyl (C=O) groups is 1. The first-order chi connectivity index (χ1) is 12.8. The minimum Gasteiger partial charge on any atom is -0.352 e. The van der Waals surface area contributed by atoms with E-state index in [2.05, 4.69) is 52.1 Å². The number of hydrogen-bond donors (Lipinski definition) is 1. The first-order valence-corrected chi connectivity index (χ1v) is 10.1. The van der Waals surface area contributed by atoms with Crippen LogP contribution < -0.4 is 5.32 Å². The average Bonchev–Trinajstić information content (AvgIpc) is 3.13. The molecule has 4 rings (SSSR count). The molecular formula is C22H29N3O. The summed E-state index contributed by atoms with van der Waals surface area (Å²) in [6.07, 6.45) is 10.4. The second-order valence-electron chi connectivity index (χ2n) is 7.78. The second-order valence-corrected chi connectivity index (χ2v) is 7.78. The van der Waals surface area contributed by atoms with E-state index in [1.807, 2.05) is 12.4 Å². The van der Waals surface area contributed by atoms with Gasteiger partial charge >= 0.3 is 0 Å². The standard InChI is InChI=1S/C22H29N3O/c1-2-19-23-13-15-25(19)14-12-20(26)24-22-18-11-7-6-10-17(18)21(22)16-8-4-3-5-9-16/h3-5,8-9,13,15,17-18,21-22H,2,6-7,10-12,14H2,1H3,(H,24,26)/t17-,18+,21+,22+/m1/s1. The minimum atomic E-state index is 0.177. The lowest BCUT2D eigenvalue weighted by Gasteiger charge is -2.55. The Balaban J connectivity index is 1.41. The molecule has 2 saturated carbocycles. The number of hydrogen-bond acceptors (Lipinski definition) is 2. The Labute approximate surface area is 156 Å². The SMILES string of the molecule is CCc1nccn1CCC(=O)N[C@H]1[C@H]2CCCC[C@H]2[C@@H]1c1ccccc1. The van der Waals surface area contributed by atoms with Gasteiger partial charge in [0, 0.05) is 43.7 Å². The Morgan fingerprint density at radius 3 is 2.73 bits per heavy atom. The maximum Gasteiger partial charge on any atom is 0.222 e. The Hall–Kier alpha value is -2.10. The molecule has 0 saturated heterocycles. The molecule has 0 radical (unpaired) electrons. The van der Waals surface area contributed by atoms with Gasteiger partial charge < -0.3 is 9.88 Å². The van der Waals surface area contributed by atoms with Crippen molar-refractivity contribution in [1.82, 2.24) is 14.9 Å². The summed E-state index contributed by atoms with van der Waals surface area (Å²) in [6, 6.07) is 11.1. The van der Waals surface area contributed by atoms with Crippen molar-refractivity contribution in [3.63, 3.8) is 0 Å². The molecular weight excluding hydrogens is 322 g/mol. The molecule has 4 atom stereocenters. The first-order valence-electron chi connectivity index (χ1n) is 10.1. The summed E-state index contributed by atoms with van der Waals surface area (Å²) in [5, 5.41) is 3.39. The first kappa shape index (κ1) is 17.3. The molecule has 1 amide bonds. The van der Waals surface area contributed by atoms with Crippen LogP contribution in [0.4, 0.5) is 0 Å². The van der Waals surface area contributed by atoms with E-state index in [1.165, 1.54) is 31.2 Å². The zero-order valence-corrected chi connectivity index (χ0v) is 15.6. The monoisotopic (exact) mass is 351 g/mol. The van der Waals surface area contributed by atoms with Gasteiger partial charge in [0.2, 0.25) is 5.91 Å². The van der Waals surface area contributed by atoms with Crippen molar-refractivity contribution in [2.75, 3.05) is 0 Å². The van der Waals surface area contributed by atoms with Gasteiger partial charge in [0.25, 0.3) is 0 Å². The molecule has 26 heavy (non-hydrogen) atoms. The van der Waals surface area contributed by atoms with E-state index in [4.69, 9.17) is 0 Å². The van der Waals surface area contributed by atoms with Crippen molar-refractivity contribution in [3.05, 3.63) is 54.1 Å². The van der Waals surface area contributed by atoms with Crippen molar-refractivity contribution in [3.8, 4) is 0 Å². The molecule has 2 fully saturated rings. The van der Waals surface area contributed by atoms with Gasteiger partial charge in [0.05, 0.1) is 0 Å².